The highest BCUT2D eigenvalue weighted by molar-refractivity contribution is 5.84. The van der Waals surface area contributed by atoms with Gasteiger partial charge in [-0.25, -0.2) is 5.43 Å². The fourth-order valence-electron chi connectivity index (χ4n) is 2.10. The summed E-state index contributed by atoms with van der Waals surface area (Å²) in [4.78, 5) is 11.8. The van der Waals surface area contributed by atoms with E-state index in [4.69, 9.17) is 9.47 Å². The molecule has 0 fully saturated rings. The number of anilines is 1. The lowest BCUT2D eigenvalue weighted by molar-refractivity contribution is -0.119. The summed E-state index contributed by atoms with van der Waals surface area (Å²) in [5.74, 6) is 1.52. The van der Waals surface area contributed by atoms with Crippen LogP contribution in [0.15, 0.2) is 53.6 Å². The normalized spacial score (nSPS) is 10.8. The number of para-hydroxylation sites is 1. The van der Waals surface area contributed by atoms with Crippen molar-refractivity contribution in [2.45, 2.75) is 13.8 Å². The molecule has 0 saturated carbocycles. The molecule has 2 aromatic rings. The minimum absolute atomic E-state index is 0.145. The largest absolute Gasteiger partial charge is 0.493 e. The summed E-state index contributed by atoms with van der Waals surface area (Å²) >= 11 is 0. The van der Waals surface area contributed by atoms with E-state index in [0.717, 1.165) is 11.3 Å². The van der Waals surface area contributed by atoms with Gasteiger partial charge in [0.05, 0.1) is 26.5 Å². The molecule has 2 N–H and O–H groups in total. The lowest BCUT2D eigenvalue weighted by atomic mass is 10.2. The molecule has 0 unspecified atom stereocenters. The highest BCUT2D eigenvalue weighted by Crippen LogP contribution is 2.27. The second-order valence-corrected chi connectivity index (χ2v) is 6.13. The minimum atomic E-state index is -0.228. The van der Waals surface area contributed by atoms with Crippen molar-refractivity contribution in [2.24, 2.45) is 11.0 Å². The van der Waals surface area contributed by atoms with Crippen molar-refractivity contribution in [3.05, 3.63) is 54.1 Å². The van der Waals surface area contributed by atoms with Crippen LogP contribution in [0.4, 0.5) is 5.69 Å². The number of hydrogen-bond acceptors (Lipinski definition) is 5. The monoisotopic (exact) mass is 355 g/mol. The van der Waals surface area contributed by atoms with E-state index in [2.05, 4.69) is 29.7 Å². The number of methoxy groups -OCH3 is 1. The van der Waals surface area contributed by atoms with E-state index in [1.165, 1.54) is 0 Å². The Morgan fingerprint density at radius 3 is 2.62 bits per heavy atom. The van der Waals surface area contributed by atoms with E-state index < -0.39 is 0 Å². The number of carbonyl (C=O) groups excluding carboxylic acids is 1. The van der Waals surface area contributed by atoms with Crippen molar-refractivity contribution in [3.63, 3.8) is 0 Å². The van der Waals surface area contributed by atoms with E-state index in [1.54, 1.807) is 13.3 Å². The topological polar surface area (TPSA) is 72.0 Å². The van der Waals surface area contributed by atoms with Crippen LogP contribution in [0.2, 0.25) is 0 Å². The van der Waals surface area contributed by atoms with E-state index in [0.29, 0.717) is 24.0 Å². The molecule has 1 amide bonds. The summed E-state index contributed by atoms with van der Waals surface area (Å²) in [7, 11) is 1.59. The first kappa shape index (κ1) is 19.3. The maximum Gasteiger partial charge on any atom is 0.259 e. The Morgan fingerprint density at radius 2 is 1.92 bits per heavy atom. The first-order valence-electron chi connectivity index (χ1n) is 8.50. The van der Waals surface area contributed by atoms with Gasteiger partial charge in [0, 0.05) is 5.69 Å². The van der Waals surface area contributed by atoms with Gasteiger partial charge in [-0.2, -0.15) is 5.10 Å². The van der Waals surface area contributed by atoms with Gasteiger partial charge in [0.25, 0.3) is 5.91 Å². The molecule has 0 atom stereocenters. The molecule has 0 bridgehead atoms. The van der Waals surface area contributed by atoms with Crippen LogP contribution in [0.1, 0.15) is 19.4 Å². The Bertz CT molecular complexity index is 730. The molecule has 0 aliphatic heterocycles. The van der Waals surface area contributed by atoms with Gasteiger partial charge in [0.2, 0.25) is 0 Å². The summed E-state index contributed by atoms with van der Waals surface area (Å²) in [6.07, 6.45) is 1.56. The third-order valence-corrected chi connectivity index (χ3v) is 3.39. The quantitative estimate of drug-likeness (QED) is 0.535. The van der Waals surface area contributed by atoms with Crippen LogP contribution in [0.3, 0.4) is 0 Å². The fraction of sp³-hybridized carbons (Fsp3) is 0.300. The Morgan fingerprint density at radius 1 is 1.15 bits per heavy atom. The van der Waals surface area contributed by atoms with E-state index in [9.17, 15) is 4.79 Å². The summed E-state index contributed by atoms with van der Waals surface area (Å²) in [5.41, 5.74) is 4.17. The molecular formula is C20H25N3O3. The third kappa shape index (κ3) is 6.47. The second-order valence-electron chi connectivity index (χ2n) is 6.13. The van der Waals surface area contributed by atoms with Crippen molar-refractivity contribution in [2.75, 3.05) is 25.6 Å². The van der Waals surface area contributed by atoms with Crippen LogP contribution in [0.5, 0.6) is 11.5 Å². The van der Waals surface area contributed by atoms with Gasteiger partial charge < -0.3 is 14.8 Å². The van der Waals surface area contributed by atoms with Crippen molar-refractivity contribution >= 4 is 17.8 Å². The number of nitrogens with zero attached hydrogens (tertiary/aromatic N) is 1. The summed E-state index contributed by atoms with van der Waals surface area (Å²) in [6.45, 7) is 4.94. The number of rotatable bonds is 9. The van der Waals surface area contributed by atoms with Gasteiger partial charge in [-0.3, -0.25) is 4.79 Å². The first-order chi connectivity index (χ1) is 12.6. The summed E-state index contributed by atoms with van der Waals surface area (Å²) in [6, 6.07) is 15.0. The van der Waals surface area contributed by atoms with Crippen LogP contribution < -0.4 is 20.2 Å². The zero-order valence-electron chi connectivity index (χ0n) is 15.4. The van der Waals surface area contributed by atoms with Crippen LogP contribution in [-0.4, -0.2) is 32.4 Å². The SMILES string of the molecule is COc1cc(/C=N\NC(=O)CNc2ccccc2)ccc1OCC(C)C. The molecule has 0 saturated heterocycles. The number of ether oxygens (including phenoxy) is 2. The van der Waals surface area contributed by atoms with Crippen molar-refractivity contribution < 1.29 is 14.3 Å². The highest BCUT2D eigenvalue weighted by atomic mass is 16.5. The molecule has 26 heavy (non-hydrogen) atoms. The molecule has 2 rings (SSSR count). The summed E-state index contributed by atoms with van der Waals surface area (Å²) < 4.78 is 11.1. The maximum absolute atomic E-state index is 11.8. The van der Waals surface area contributed by atoms with Gasteiger partial charge in [-0.05, 0) is 41.8 Å². The molecule has 0 aromatic heterocycles. The zero-order valence-corrected chi connectivity index (χ0v) is 15.4. The Balaban J connectivity index is 1.86. The average Bonchev–Trinajstić information content (AvgIpc) is 2.66. The Hall–Kier alpha value is -3.02. The van der Waals surface area contributed by atoms with Crippen LogP contribution in [0.25, 0.3) is 0 Å². The molecule has 6 heteroatoms. The molecule has 6 nitrogen and oxygen atoms in total. The van der Waals surface area contributed by atoms with Gasteiger partial charge >= 0.3 is 0 Å². The molecular weight excluding hydrogens is 330 g/mol. The predicted octanol–water partition coefficient (Wildman–Crippen LogP) is 3.29. The van der Waals surface area contributed by atoms with Gasteiger partial charge in [0.15, 0.2) is 11.5 Å². The van der Waals surface area contributed by atoms with Crippen molar-refractivity contribution in [1.29, 1.82) is 0 Å². The molecule has 0 aliphatic carbocycles. The highest BCUT2D eigenvalue weighted by Gasteiger charge is 2.06. The number of carbonyl (C=O) groups is 1. The number of nitrogens with one attached hydrogen (secondary N) is 2. The Kier molecular flexibility index (Phi) is 7.49. The average molecular weight is 355 g/mol. The predicted molar refractivity (Wildman–Crippen MR) is 104 cm³/mol. The lowest BCUT2D eigenvalue weighted by Gasteiger charge is -2.12. The Labute approximate surface area is 154 Å². The summed E-state index contributed by atoms with van der Waals surface area (Å²) in [5, 5.41) is 6.99. The second kappa shape index (κ2) is 10.1. The van der Waals surface area contributed by atoms with E-state index >= 15 is 0 Å². The van der Waals surface area contributed by atoms with Crippen molar-refractivity contribution in [3.8, 4) is 11.5 Å². The molecule has 0 spiro atoms. The van der Waals surface area contributed by atoms with Crippen LogP contribution >= 0.6 is 0 Å². The number of benzene rings is 2. The fourth-order valence-corrected chi connectivity index (χ4v) is 2.10. The van der Waals surface area contributed by atoms with Crippen molar-refractivity contribution in [1.82, 2.24) is 5.43 Å². The number of hydrogen-bond donors (Lipinski definition) is 2. The lowest BCUT2D eigenvalue weighted by Crippen LogP contribution is -2.25. The van der Waals surface area contributed by atoms with Gasteiger partial charge in [-0.1, -0.05) is 32.0 Å². The standard InChI is InChI=1S/C20H25N3O3/c1-15(2)14-26-18-10-9-16(11-19(18)25-3)12-22-23-20(24)13-21-17-7-5-4-6-8-17/h4-12,15,21H,13-14H2,1-3H3,(H,23,24)/b22-12-. The van der Waals surface area contributed by atoms with Gasteiger partial charge in [0.1, 0.15) is 0 Å². The van der Waals surface area contributed by atoms with Crippen LogP contribution in [-0.2, 0) is 4.79 Å². The smallest absolute Gasteiger partial charge is 0.259 e. The first-order valence-corrected chi connectivity index (χ1v) is 8.50. The van der Waals surface area contributed by atoms with E-state index in [-0.39, 0.29) is 12.5 Å². The number of amides is 1. The van der Waals surface area contributed by atoms with E-state index in [1.807, 2.05) is 48.5 Å². The molecule has 2 aromatic carbocycles. The molecule has 0 radical (unpaired) electrons. The molecule has 138 valence electrons. The molecule has 0 aliphatic rings. The third-order valence-electron chi connectivity index (χ3n) is 3.39. The number of hydrazone groups is 1. The molecule has 0 heterocycles. The maximum atomic E-state index is 11.8. The van der Waals surface area contributed by atoms with Gasteiger partial charge in [-0.15, -0.1) is 0 Å². The van der Waals surface area contributed by atoms with Crippen LogP contribution in [0, 0.1) is 5.92 Å². The minimum Gasteiger partial charge on any atom is -0.493 e. The zero-order chi connectivity index (χ0) is 18.8.